The van der Waals surface area contributed by atoms with Crippen LogP contribution >= 0.6 is 6.49 Å². The van der Waals surface area contributed by atoms with Crippen LogP contribution in [0.4, 0.5) is 0 Å². The SMILES string of the molecule is CC(C)(CCC#N)C(=O)NP(N)(N)=S. The summed E-state index contributed by atoms with van der Waals surface area (Å²) in [5.41, 5.74) is 10.1. The fraction of sp³-hybridized carbons (Fsp3) is 0.714. The lowest BCUT2D eigenvalue weighted by Gasteiger charge is -2.24. The molecule has 0 aliphatic rings. The van der Waals surface area contributed by atoms with Crippen LogP contribution in [0.15, 0.2) is 0 Å². The Kier molecular flexibility index (Phi) is 4.69. The molecule has 0 bridgehead atoms. The van der Waals surface area contributed by atoms with Crippen molar-refractivity contribution in [3.63, 3.8) is 0 Å². The second kappa shape index (κ2) is 4.85. The molecule has 0 rings (SSSR count). The van der Waals surface area contributed by atoms with Crippen LogP contribution in [0.2, 0.25) is 0 Å². The van der Waals surface area contributed by atoms with Crippen LogP contribution in [0.5, 0.6) is 0 Å². The van der Waals surface area contributed by atoms with E-state index in [0.717, 1.165) is 0 Å². The first-order valence-electron chi connectivity index (χ1n) is 4.06. The third-order valence-electron chi connectivity index (χ3n) is 1.75. The molecule has 0 heterocycles. The maximum atomic E-state index is 11.6. The van der Waals surface area contributed by atoms with Crippen molar-refractivity contribution in [1.82, 2.24) is 5.09 Å². The lowest BCUT2D eigenvalue weighted by molar-refractivity contribution is -0.127. The molecule has 0 saturated heterocycles. The molecule has 5 nitrogen and oxygen atoms in total. The highest BCUT2D eigenvalue weighted by Gasteiger charge is 2.28. The zero-order valence-corrected chi connectivity index (χ0v) is 9.99. The summed E-state index contributed by atoms with van der Waals surface area (Å²) >= 11 is 4.71. The number of carbonyl (C=O) groups excluding carboxylic acids is 1. The van der Waals surface area contributed by atoms with Gasteiger partial charge in [0, 0.05) is 11.8 Å². The Hall–Kier alpha value is -0.470. The van der Waals surface area contributed by atoms with Gasteiger partial charge in [0.05, 0.1) is 6.07 Å². The predicted octanol–water partition coefficient (Wildman–Crippen LogP) is 0.574. The van der Waals surface area contributed by atoms with E-state index in [1.165, 1.54) is 0 Å². The van der Waals surface area contributed by atoms with Crippen LogP contribution in [-0.4, -0.2) is 5.91 Å². The lowest BCUT2D eigenvalue weighted by atomic mass is 9.87. The largest absolute Gasteiger partial charge is 0.305 e. The predicted molar refractivity (Wildman–Crippen MR) is 59.4 cm³/mol. The molecule has 0 radical (unpaired) electrons. The molecule has 7 heteroatoms. The van der Waals surface area contributed by atoms with Gasteiger partial charge in [-0.3, -0.25) is 15.8 Å². The van der Waals surface area contributed by atoms with E-state index in [-0.39, 0.29) is 5.91 Å². The Morgan fingerprint density at radius 1 is 1.64 bits per heavy atom. The highest BCUT2D eigenvalue weighted by Crippen LogP contribution is 2.27. The molecule has 1 amide bonds. The van der Waals surface area contributed by atoms with E-state index in [1.807, 2.05) is 6.07 Å². The molecule has 0 spiro atoms. The maximum Gasteiger partial charge on any atom is 0.231 e. The average Bonchev–Trinajstić information content (AvgIpc) is 1.97. The molecule has 0 atom stereocenters. The normalized spacial score (nSPS) is 11.9. The van der Waals surface area contributed by atoms with Crippen LogP contribution < -0.4 is 16.1 Å². The fourth-order valence-corrected chi connectivity index (χ4v) is 1.66. The van der Waals surface area contributed by atoms with E-state index in [0.29, 0.717) is 12.8 Å². The van der Waals surface area contributed by atoms with Crippen LogP contribution in [0.3, 0.4) is 0 Å². The molecule has 0 aliphatic heterocycles. The summed E-state index contributed by atoms with van der Waals surface area (Å²) in [6.07, 6.45) is 0.781. The van der Waals surface area contributed by atoms with Crippen LogP contribution in [0.25, 0.3) is 0 Å². The van der Waals surface area contributed by atoms with Gasteiger partial charge in [-0.05, 0) is 18.2 Å². The second-order valence-corrected chi connectivity index (χ2v) is 7.15. The number of nitrogens with one attached hydrogen (secondary N) is 1. The molecule has 0 aromatic heterocycles. The standard InChI is InChI=1S/C7H15N4OPS/c1-7(2,4-3-5-8)6(12)11-13(9,10)14/h3-4H2,1-2H3,(H5,9,10,11,12,14). The van der Waals surface area contributed by atoms with Crippen molar-refractivity contribution in [2.45, 2.75) is 26.7 Å². The maximum absolute atomic E-state index is 11.6. The molecule has 80 valence electrons. The van der Waals surface area contributed by atoms with E-state index in [9.17, 15) is 4.79 Å². The summed E-state index contributed by atoms with van der Waals surface area (Å²) in [6.45, 7) is 0.754. The van der Waals surface area contributed by atoms with E-state index >= 15 is 0 Å². The fourth-order valence-electron chi connectivity index (χ4n) is 0.792. The van der Waals surface area contributed by atoms with Gasteiger partial charge in [0.1, 0.15) is 0 Å². The summed E-state index contributed by atoms with van der Waals surface area (Å²) in [5, 5.41) is 10.8. The molecule has 14 heavy (non-hydrogen) atoms. The first-order valence-corrected chi connectivity index (χ1v) is 7.00. The van der Waals surface area contributed by atoms with Gasteiger partial charge in [-0.15, -0.1) is 0 Å². The highest BCUT2D eigenvalue weighted by atomic mass is 32.4. The monoisotopic (exact) mass is 234 g/mol. The Morgan fingerprint density at radius 3 is 2.50 bits per heavy atom. The quantitative estimate of drug-likeness (QED) is 0.617. The number of carbonyl (C=O) groups is 1. The average molecular weight is 234 g/mol. The van der Waals surface area contributed by atoms with Crippen molar-refractivity contribution >= 4 is 24.2 Å². The first-order chi connectivity index (χ1) is 6.19. The van der Waals surface area contributed by atoms with Gasteiger partial charge in [-0.25, -0.2) is 0 Å². The van der Waals surface area contributed by atoms with E-state index < -0.39 is 11.9 Å². The molecule has 0 aromatic carbocycles. The minimum Gasteiger partial charge on any atom is -0.305 e. The van der Waals surface area contributed by atoms with Crippen LogP contribution in [0.1, 0.15) is 26.7 Å². The van der Waals surface area contributed by atoms with Gasteiger partial charge in [0.25, 0.3) is 0 Å². The van der Waals surface area contributed by atoms with Gasteiger partial charge < -0.3 is 5.09 Å². The molecule has 0 aliphatic carbocycles. The number of hydrogen-bond donors (Lipinski definition) is 3. The van der Waals surface area contributed by atoms with Gasteiger partial charge in [0.2, 0.25) is 5.91 Å². The number of nitriles is 1. The van der Waals surface area contributed by atoms with E-state index in [4.69, 9.17) is 28.1 Å². The highest BCUT2D eigenvalue weighted by molar-refractivity contribution is 8.11. The first kappa shape index (κ1) is 13.5. The molecule has 0 aromatic rings. The third-order valence-corrected chi connectivity index (χ3v) is 2.58. The number of amides is 1. The van der Waals surface area contributed by atoms with Gasteiger partial charge in [0.15, 0.2) is 6.49 Å². The van der Waals surface area contributed by atoms with Crippen LogP contribution in [0, 0.1) is 16.7 Å². The molecule has 5 N–H and O–H groups in total. The zero-order chi connectivity index (χ0) is 11.4. The van der Waals surface area contributed by atoms with Crippen molar-refractivity contribution in [3.05, 3.63) is 0 Å². The molecular weight excluding hydrogens is 219 g/mol. The Bertz CT molecular complexity index is 303. The van der Waals surface area contributed by atoms with Gasteiger partial charge >= 0.3 is 0 Å². The van der Waals surface area contributed by atoms with Crippen molar-refractivity contribution in [1.29, 1.82) is 5.26 Å². The third kappa shape index (κ3) is 5.30. The smallest absolute Gasteiger partial charge is 0.231 e. The Morgan fingerprint density at radius 2 is 2.14 bits per heavy atom. The van der Waals surface area contributed by atoms with Crippen molar-refractivity contribution in [3.8, 4) is 6.07 Å². The van der Waals surface area contributed by atoms with Crippen molar-refractivity contribution in [2.24, 2.45) is 16.4 Å². The van der Waals surface area contributed by atoms with Crippen molar-refractivity contribution < 1.29 is 4.79 Å². The molecule has 0 saturated carbocycles. The number of rotatable bonds is 4. The number of hydrogen-bond acceptors (Lipinski definition) is 3. The van der Waals surface area contributed by atoms with Crippen LogP contribution in [-0.2, 0) is 16.6 Å². The minimum absolute atomic E-state index is 0.291. The lowest BCUT2D eigenvalue weighted by Crippen LogP contribution is -2.38. The van der Waals surface area contributed by atoms with E-state index in [1.54, 1.807) is 13.8 Å². The second-order valence-electron chi connectivity index (χ2n) is 3.69. The Labute approximate surface area is 89.0 Å². The summed E-state index contributed by atoms with van der Waals surface area (Å²) in [5.74, 6) is -0.291. The molecule has 0 fully saturated rings. The van der Waals surface area contributed by atoms with Gasteiger partial charge in [-0.2, -0.15) is 5.26 Å². The molecular formula is C7H15N4OPS. The summed E-state index contributed by atoms with van der Waals surface area (Å²) in [6, 6.07) is 1.98. The summed E-state index contributed by atoms with van der Waals surface area (Å²) in [7, 11) is 0. The topological polar surface area (TPSA) is 105 Å². The zero-order valence-electron chi connectivity index (χ0n) is 8.28. The van der Waals surface area contributed by atoms with Crippen molar-refractivity contribution in [2.75, 3.05) is 0 Å². The summed E-state index contributed by atoms with van der Waals surface area (Å²) in [4.78, 5) is 11.6. The number of nitrogens with zero attached hydrogens (tertiary/aromatic N) is 1. The van der Waals surface area contributed by atoms with E-state index in [2.05, 4.69) is 5.09 Å². The summed E-state index contributed by atoms with van der Waals surface area (Å²) < 4.78 is 0. The number of nitrogens with two attached hydrogens (primary N) is 2. The Balaban J connectivity index is 4.38. The van der Waals surface area contributed by atoms with Gasteiger partial charge in [-0.1, -0.05) is 13.8 Å². The molecule has 0 unspecified atom stereocenters. The minimum atomic E-state index is -2.70.